The Morgan fingerprint density at radius 1 is 0.971 bits per heavy atom. The largest absolute Gasteiger partial charge is 0.490 e. The van der Waals surface area contributed by atoms with Gasteiger partial charge in [0.2, 0.25) is 0 Å². The van der Waals surface area contributed by atoms with Gasteiger partial charge in [-0.15, -0.1) is 0 Å². The number of nitrogens with zero attached hydrogens (tertiary/aromatic N) is 1. The highest BCUT2D eigenvalue weighted by Gasteiger charge is 2.35. The van der Waals surface area contributed by atoms with Gasteiger partial charge in [0.25, 0.3) is 11.1 Å². The second-order valence-electron chi connectivity index (χ2n) is 7.45. The predicted molar refractivity (Wildman–Crippen MR) is 131 cm³/mol. The summed E-state index contributed by atoms with van der Waals surface area (Å²) < 4.78 is 15.7. The summed E-state index contributed by atoms with van der Waals surface area (Å²) in [7, 11) is 1.28. The fourth-order valence-electron chi connectivity index (χ4n) is 3.50. The van der Waals surface area contributed by atoms with Gasteiger partial charge in [0, 0.05) is 0 Å². The summed E-state index contributed by atoms with van der Waals surface area (Å²) >= 11 is 0.905. The molecular weight excluding hydrogens is 454 g/mol. The summed E-state index contributed by atoms with van der Waals surface area (Å²) in [6, 6.07) is 18.9. The van der Waals surface area contributed by atoms with Crippen LogP contribution in [0.1, 0.15) is 18.1 Å². The molecule has 1 aliphatic heterocycles. The van der Waals surface area contributed by atoms with Crippen molar-refractivity contribution in [3.8, 4) is 11.5 Å². The van der Waals surface area contributed by atoms with E-state index in [9.17, 15) is 14.4 Å². The third-order valence-electron chi connectivity index (χ3n) is 5.17. The van der Waals surface area contributed by atoms with Crippen LogP contribution in [0.25, 0.3) is 16.8 Å². The van der Waals surface area contributed by atoms with Crippen molar-refractivity contribution < 1.29 is 28.6 Å². The van der Waals surface area contributed by atoms with E-state index in [4.69, 9.17) is 9.47 Å². The molecule has 34 heavy (non-hydrogen) atoms. The minimum atomic E-state index is -0.508. The molecule has 1 aliphatic rings. The molecule has 0 N–H and O–H groups in total. The van der Waals surface area contributed by atoms with E-state index in [-0.39, 0.29) is 24.3 Å². The van der Waals surface area contributed by atoms with Crippen LogP contribution in [0.15, 0.2) is 65.6 Å². The number of carbonyl (C=O) groups excluding carboxylic acids is 3. The monoisotopic (exact) mass is 477 g/mol. The molecule has 0 spiro atoms. The van der Waals surface area contributed by atoms with Gasteiger partial charge in [0.15, 0.2) is 18.1 Å². The molecule has 0 aliphatic carbocycles. The van der Waals surface area contributed by atoms with Crippen LogP contribution in [0, 0.1) is 0 Å². The molecule has 0 radical (unpaired) electrons. The fraction of sp³-hybridized carbons (Fsp3) is 0.192. The number of amides is 2. The normalized spacial score (nSPS) is 14.6. The Hall–Kier alpha value is -3.78. The molecule has 8 heteroatoms. The third kappa shape index (κ3) is 5.23. The summed E-state index contributed by atoms with van der Waals surface area (Å²) in [5.74, 6) is -0.0388. The lowest BCUT2D eigenvalue weighted by atomic mass is 10.1. The van der Waals surface area contributed by atoms with Gasteiger partial charge in [0.1, 0.15) is 0 Å². The average Bonchev–Trinajstić information content (AvgIpc) is 3.10. The van der Waals surface area contributed by atoms with Gasteiger partial charge in [-0.1, -0.05) is 42.5 Å². The first-order valence-electron chi connectivity index (χ1n) is 10.7. The smallest absolute Gasteiger partial charge is 0.343 e. The standard InChI is InChI=1S/C26H23NO6S/c1-3-32-22-13-17(9-11-21(22)33-16-24(28)31-2)14-23-25(29)27(26(30)34-23)15-18-8-10-19-6-4-5-7-20(19)12-18/h4-14H,3,15-16H2,1-2H3/b23-14-. The summed E-state index contributed by atoms with van der Waals surface area (Å²) in [5, 5.41) is 1.84. The van der Waals surface area contributed by atoms with Crippen LogP contribution >= 0.6 is 11.8 Å². The highest BCUT2D eigenvalue weighted by molar-refractivity contribution is 8.18. The minimum absolute atomic E-state index is 0.206. The SMILES string of the molecule is CCOc1cc(/C=C2\SC(=O)N(Cc3ccc4ccccc4c3)C2=O)ccc1OCC(=O)OC. The van der Waals surface area contributed by atoms with Crippen LogP contribution in [0.5, 0.6) is 11.5 Å². The lowest BCUT2D eigenvalue weighted by Gasteiger charge is -2.13. The quantitative estimate of drug-likeness (QED) is 0.333. The number of fused-ring (bicyclic) bond motifs is 1. The van der Waals surface area contributed by atoms with Crippen LogP contribution in [0.4, 0.5) is 4.79 Å². The van der Waals surface area contributed by atoms with Gasteiger partial charge < -0.3 is 14.2 Å². The molecule has 2 amide bonds. The van der Waals surface area contributed by atoms with Crippen LogP contribution in [0.3, 0.4) is 0 Å². The van der Waals surface area contributed by atoms with Crippen molar-refractivity contribution in [3.05, 3.63) is 76.7 Å². The number of hydrogen-bond acceptors (Lipinski definition) is 7. The Balaban J connectivity index is 1.52. The van der Waals surface area contributed by atoms with Gasteiger partial charge in [-0.25, -0.2) is 4.79 Å². The Kier molecular flexibility index (Phi) is 7.18. The first kappa shape index (κ1) is 23.4. The van der Waals surface area contributed by atoms with Crippen LogP contribution in [-0.2, 0) is 20.9 Å². The zero-order valence-corrected chi connectivity index (χ0v) is 19.6. The molecular formula is C26H23NO6S. The zero-order valence-electron chi connectivity index (χ0n) is 18.8. The van der Waals surface area contributed by atoms with E-state index in [1.165, 1.54) is 12.0 Å². The first-order chi connectivity index (χ1) is 16.5. The maximum absolute atomic E-state index is 13.0. The fourth-order valence-corrected chi connectivity index (χ4v) is 4.34. The molecule has 3 aromatic rings. The molecule has 1 heterocycles. The van der Waals surface area contributed by atoms with E-state index in [1.807, 2.05) is 49.4 Å². The topological polar surface area (TPSA) is 82.1 Å². The lowest BCUT2D eigenvalue weighted by Crippen LogP contribution is -2.27. The van der Waals surface area contributed by atoms with E-state index < -0.39 is 5.97 Å². The summed E-state index contributed by atoms with van der Waals surface area (Å²) in [6.45, 7) is 2.18. The van der Waals surface area contributed by atoms with E-state index in [1.54, 1.807) is 24.3 Å². The van der Waals surface area contributed by atoms with Gasteiger partial charge in [-0.2, -0.15) is 0 Å². The summed E-state index contributed by atoms with van der Waals surface area (Å²) in [4.78, 5) is 38.5. The Bertz CT molecular complexity index is 1290. The van der Waals surface area contributed by atoms with Crippen molar-refractivity contribution in [3.63, 3.8) is 0 Å². The molecule has 174 valence electrons. The van der Waals surface area contributed by atoms with Crippen molar-refractivity contribution in [2.24, 2.45) is 0 Å². The molecule has 3 aromatic carbocycles. The van der Waals surface area contributed by atoms with Crippen molar-refractivity contribution in [2.45, 2.75) is 13.5 Å². The molecule has 0 bridgehead atoms. The number of ether oxygens (including phenoxy) is 3. The Morgan fingerprint density at radius 2 is 1.76 bits per heavy atom. The van der Waals surface area contributed by atoms with Gasteiger partial charge in [-0.05, 0) is 64.9 Å². The van der Waals surface area contributed by atoms with Crippen LogP contribution < -0.4 is 9.47 Å². The van der Waals surface area contributed by atoms with E-state index in [0.717, 1.165) is 28.1 Å². The molecule has 0 atom stereocenters. The van der Waals surface area contributed by atoms with Gasteiger partial charge in [0.05, 0.1) is 25.2 Å². The maximum atomic E-state index is 13.0. The number of benzene rings is 3. The van der Waals surface area contributed by atoms with Gasteiger partial charge >= 0.3 is 5.97 Å². The Labute approximate surface area is 201 Å². The molecule has 1 fully saturated rings. The molecule has 0 unspecified atom stereocenters. The second-order valence-corrected chi connectivity index (χ2v) is 8.45. The molecule has 1 saturated heterocycles. The zero-order chi connectivity index (χ0) is 24.1. The number of rotatable bonds is 8. The number of esters is 1. The highest BCUT2D eigenvalue weighted by atomic mass is 32.2. The summed E-state index contributed by atoms with van der Waals surface area (Å²) in [6.07, 6.45) is 1.65. The molecule has 0 aromatic heterocycles. The molecule has 0 saturated carbocycles. The van der Waals surface area contributed by atoms with Crippen molar-refractivity contribution in [1.29, 1.82) is 0 Å². The Morgan fingerprint density at radius 3 is 2.53 bits per heavy atom. The number of imide groups is 1. The summed E-state index contributed by atoms with van der Waals surface area (Å²) in [5.41, 5.74) is 1.55. The van der Waals surface area contributed by atoms with Gasteiger partial charge in [-0.3, -0.25) is 14.5 Å². The lowest BCUT2D eigenvalue weighted by molar-refractivity contribution is -0.142. The minimum Gasteiger partial charge on any atom is -0.490 e. The second kappa shape index (κ2) is 10.4. The van der Waals surface area contributed by atoms with Crippen molar-refractivity contribution in [1.82, 2.24) is 4.90 Å². The van der Waals surface area contributed by atoms with E-state index in [0.29, 0.717) is 28.6 Å². The maximum Gasteiger partial charge on any atom is 0.343 e. The number of hydrogen-bond donors (Lipinski definition) is 0. The number of carbonyl (C=O) groups is 3. The first-order valence-corrected chi connectivity index (χ1v) is 11.5. The average molecular weight is 478 g/mol. The third-order valence-corrected chi connectivity index (χ3v) is 6.07. The van der Waals surface area contributed by atoms with E-state index >= 15 is 0 Å². The molecule has 4 rings (SSSR count). The van der Waals surface area contributed by atoms with Crippen LogP contribution in [0.2, 0.25) is 0 Å². The highest BCUT2D eigenvalue weighted by Crippen LogP contribution is 2.35. The van der Waals surface area contributed by atoms with Crippen molar-refractivity contribution >= 4 is 45.7 Å². The predicted octanol–water partition coefficient (Wildman–Crippen LogP) is 5.03. The number of methoxy groups -OCH3 is 1. The van der Waals surface area contributed by atoms with Crippen LogP contribution in [-0.4, -0.2) is 42.3 Å². The van der Waals surface area contributed by atoms with Crippen molar-refractivity contribution in [2.75, 3.05) is 20.3 Å². The molecule has 7 nitrogen and oxygen atoms in total. The number of thioether (sulfide) groups is 1. The van der Waals surface area contributed by atoms with E-state index in [2.05, 4.69) is 4.74 Å².